The van der Waals surface area contributed by atoms with Gasteiger partial charge in [0, 0.05) is 25.3 Å². The number of carbonyl (C=O) groups excluding carboxylic acids is 1. The third-order valence-electron chi connectivity index (χ3n) is 3.71. The van der Waals surface area contributed by atoms with Gasteiger partial charge in [-0.25, -0.2) is 8.42 Å². The molecule has 2 rings (SSSR count). The molecule has 0 bridgehead atoms. The van der Waals surface area contributed by atoms with Crippen molar-refractivity contribution in [3.8, 4) is 0 Å². The Labute approximate surface area is 130 Å². The maximum Gasteiger partial charge on any atom is 0.180 e. The number of Topliss-reactive ketones (excluding diaryl/α,β-unsaturated/α-hetero) is 1. The first kappa shape index (κ1) is 16.3. The van der Waals surface area contributed by atoms with Crippen LogP contribution < -0.4 is 10.6 Å². The van der Waals surface area contributed by atoms with Crippen molar-refractivity contribution in [2.45, 2.75) is 32.1 Å². The highest BCUT2D eigenvalue weighted by Gasteiger charge is 2.32. The first-order valence-electron chi connectivity index (χ1n) is 7.04. The zero-order chi connectivity index (χ0) is 15.9. The summed E-state index contributed by atoms with van der Waals surface area (Å²) in [7, 11) is -3.47. The molecule has 1 aromatic rings. The summed E-state index contributed by atoms with van der Waals surface area (Å²) in [5.74, 6) is 0.217. The van der Waals surface area contributed by atoms with Crippen molar-refractivity contribution in [1.29, 1.82) is 0 Å². The first-order valence-corrected chi connectivity index (χ1v) is 9.75. The number of sulfone groups is 1. The van der Waals surface area contributed by atoms with Crippen LogP contribution in [-0.4, -0.2) is 33.5 Å². The summed E-state index contributed by atoms with van der Waals surface area (Å²) in [6.07, 6.45) is 2.17. The maximum absolute atomic E-state index is 12.3. The molecule has 7 heteroatoms. The number of nitrogens with zero attached hydrogens (tertiary/aromatic N) is 1. The average molecular weight is 330 g/mol. The molecule has 0 amide bonds. The summed E-state index contributed by atoms with van der Waals surface area (Å²) in [5, 5.41) is 0.628. The zero-order valence-electron chi connectivity index (χ0n) is 12.8. The van der Waals surface area contributed by atoms with Crippen molar-refractivity contribution >= 4 is 37.6 Å². The summed E-state index contributed by atoms with van der Waals surface area (Å²) >= 11 is 1.22. The molecule has 5 nitrogen and oxygen atoms in total. The van der Waals surface area contributed by atoms with E-state index in [9.17, 15) is 13.2 Å². The van der Waals surface area contributed by atoms with Gasteiger partial charge in [-0.3, -0.25) is 4.79 Å². The van der Waals surface area contributed by atoms with Crippen LogP contribution in [0.5, 0.6) is 0 Å². The Morgan fingerprint density at radius 2 is 2.05 bits per heavy atom. The minimum absolute atomic E-state index is 0.0964. The molecule has 21 heavy (non-hydrogen) atoms. The summed E-state index contributed by atoms with van der Waals surface area (Å²) in [6.45, 7) is 7.33. The lowest BCUT2D eigenvalue weighted by molar-refractivity contribution is 0.0944. The van der Waals surface area contributed by atoms with E-state index in [1.165, 1.54) is 11.3 Å². The van der Waals surface area contributed by atoms with Crippen LogP contribution in [0.25, 0.3) is 0 Å². The van der Waals surface area contributed by atoms with Gasteiger partial charge in [-0.2, -0.15) is 0 Å². The largest absolute Gasteiger partial charge is 0.396 e. The Kier molecular flexibility index (Phi) is 4.35. The van der Waals surface area contributed by atoms with E-state index < -0.39 is 9.84 Å². The van der Waals surface area contributed by atoms with Gasteiger partial charge < -0.3 is 10.6 Å². The lowest BCUT2D eigenvalue weighted by atomic mass is 10.1. The molecule has 0 aliphatic carbocycles. The monoisotopic (exact) mass is 330 g/mol. The van der Waals surface area contributed by atoms with Crippen molar-refractivity contribution in [2.24, 2.45) is 11.8 Å². The number of thiophene rings is 1. The molecule has 0 saturated carbocycles. The summed E-state index contributed by atoms with van der Waals surface area (Å²) in [5.41, 5.74) is 6.14. The van der Waals surface area contributed by atoms with Gasteiger partial charge in [0.25, 0.3) is 0 Å². The van der Waals surface area contributed by atoms with Crippen LogP contribution in [0.4, 0.5) is 10.7 Å². The first-order chi connectivity index (χ1) is 9.62. The van der Waals surface area contributed by atoms with Crippen LogP contribution in [0.2, 0.25) is 0 Å². The zero-order valence-corrected chi connectivity index (χ0v) is 14.5. The fourth-order valence-electron chi connectivity index (χ4n) is 2.55. The van der Waals surface area contributed by atoms with Crippen molar-refractivity contribution in [3.05, 3.63) is 4.88 Å². The minimum Gasteiger partial charge on any atom is -0.396 e. The summed E-state index contributed by atoms with van der Waals surface area (Å²) in [4.78, 5) is 14.8. The van der Waals surface area contributed by atoms with E-state index >= 15 is 0 Å². The molecule has 1 unspecified atom stereocenters. The van der Waals surface area contributed by atoms with E-state index in [1.54, 1.807) is 13.8 Å². The Bertz CT molecular complexity index is 662. The summed E-state index contributed by atoms with van der Waals surface area (Å²) < 4.78 is 24.2. The van der Waals surface area contributed by atoms with Gasteiger partial charge in [0.2, 0.25) is 0 Å². The highest BCUT2D eigenvalue weighted by Crippen LogP contribution is 2.43. The number of ketones is 1. The average Bonchev–Trinajstić information content (AvgIpc) is 2.91. The lowest BCUT2D eigenvalue weighted by Crippen LogP contribution is -2.20. The van der Waals surface area contributed by atoms with Crippen LogP contribution >= 0.6 is 11.3 Å². The second-order valence-corrected chi connectivity index (χ2v) is 9.06. The third kappa shape index (κ3) is 3.08. The highest BCUT2D eigenvalue weighted by atomic mass is 32.2. The van der Waals surface area contributed by atoms with Crippen LogP contribution in [0.1, 0.15) is 36.9 Å². The van der Waals surface area contributed by atoms with E-state index in [1.807, 2.05) is 4.90 Å². The Morgan fingerprint density at radius 1 is 1.43 bits per heavy atom. The molecule has 2 N–H and O–H groups in total. The quantitative estimate of drug-likeness (QED) is 0.858. The Balaban J connectivity index is 2.58. The standard InChI is InChI=1S/C14H22N2O3S2/c1-8(2)11(17)12-10(15)13(21(4,18)19)14(20-12)16-6-5-9(3)7-16/h8-9H,5-7,15H2,1-4H3. The van der Waals surface area contributed by atoms with Gasteiger partial charge >= 0.3 is 0 Å². The van der Waals surface area contributed by atoms with Gasteiger partial charge in [-0.15, -0.1) is 11.3 Å². The minimum atomic E-state index is -3.47. The number of hydrogen-bond acceptors (Lipinski definition) is 6. The van der Waals surface area contributed by atoms with Crippen molar-refractivity contribution in [3.63, 3.8) is 0 Å². The van der Waals surface area contributed by atoms with Crippen LogP contribution in [0, 0.1) is 11.8 Å². The van der Waals surface area contributed by atoms with Crippen molar-refractivity contribution < 1.29 is 13.2 Å². The van der Waals surface area contributed by atoms with E-state index in [0.717, 1.165) is 25.8 Å². The van der Waals surface area contributed by atoms with Gasteiger partial charge in [0.05, 0.1) is 10.6 Å². The van der Waals surface area contributed by atoms with Crippen LogP contribution in [0.3, 0.4) is 0 Å². The fourth-order valence-corrected chi connectivity index (χ4v) is 5.38. The fraction of sp³-hybridized carbons (Fsp3) is 0.643. The maximum atomic E-state index is 12.3. The molecule has 0 spiro atoms. The Morgan fingerprint density at radius 3 is 2.48 bits per heavy atom. The van der Waals surface area contributed by atoms with Gasteiger partial charge in [-0.05, 0) is 12.3 Å². The van der Waals surface area contributed by atoms with Crippen molar-refractivity contribution in [1.82, 2.24) is 0 Å². The molecule has 1 aromatic heterocycles. The lowest BCUT2D eigenvalue weighted by Gasteiger charge is -2.17. The van der Waals surface area contributed by atoms with Gasteiger partial charge in [-0.1, -0.05) is 20.8 Å². The van der Waals surface area contributed by atoms with Gasteiger partial charge in [0.15, 0.2) is 15.6 Å². The predicted molar refractivity (Wildman–Crippen MR) is 87.0 cm³/mol. The molecule has 2 heterocycles. The molecule has 0 radical (unpaired) electrons. The second kappa shape index (κ2) is 5.61. The van der Waals surface area contributed by atoms with E-state index in [-0.39, 0.29) is 22.3 Å². The molecular weight excluding hydrogens is 308 g/mol. The molecular formula is C14H22N2O3S2. The molecule has 1 aliphatic heterocycles. The number of carbonyl (C=O) groups is 1. The molecule has 1 saturated heterocycles. The molecule has 0 aromatic carbocycles. The predicted octanol–water partition coefficient (Wildman–Crippen LogP) is 2.42. The molecule has 1 aliphatic rings. The summed E-state index contributed by atoms with van der Waals surface area (Å²) in [6, 6.07) is 0. The topological polar surface area (TPSA) is 80.5 Å². The number of nitrogen functional groups attached to an aromatic ring is 1. The normalized spacial score (nSPS) is 19.5. The van der Waals surface area contributed by atoms with Crippen molar-refractivity contribution in [2.75, 3.05) is 30.0 Å². The van der Waals surface area contributed by atoms with Crippen LogP contribution in [-0.2, 0) is 9.84 Å². The molecule has 118 valence electrons. The van der Waals surface area contributed by atoms with Crippen LogP contribution in [0.15, 0.2) is 4.90 Å². The SMILES string of the molecule is CC1CCN(c2sc(C(=O)C(C)C)c(N)c2S(C)(=O)=O)C1. The van der Waals surface area contributed by atoms with Gasteiger partial charge in [0.1, 0.15) is 9.90 Å². The van der Waals surface area contributed by atoms with E-state index in [2.05, 4.69) is 6.92 Å². The number of hydrogen-bond donors (Lipinski definition) is 1. The highest BCUT2D eigenvalue weighted by molar-refractivity contribution is 7.91. The number of anilines is 2. The number of rotatable bonds is 4. The smallest absolute Gasteiger partial charge is 0.180 e. The molecule has 1 fully saturated rings. The number of nitrogens with two attached hydrogens (primary N) is 1. The second-order valence-electron chi connectivity index (χ2n) is 6.11. The molecule has 1 atom stereocenters. The van der Waals surface area contributed by atoms with E-state index in [4.69, 9.17) is 5.73 Å². The third-order valence-corrected chi connectivity index (χ3v) is 6.28. The Hall–Kier alpha value is -1.08. The van der Waals surface area contributed by atoms with E-state index in [0.29, 0.717) is 15.8 Å².